The van der Waals surface area contributed by atoms with E-state index < -0.39 is 28.7 Å². The first kappa shape index (κ1) is 38.4. The summed E-state index contributed by atoms with van der Waals surface area (Å²) >= 11 is 0. The van der Waals surface area contributed by atoms with E-state index >= 15 is 0 Å². The highest BCUT2D eigenvalue weighted by molar-refractivity contribution is 6.07. The van der Waals surface area contributed by atoms with Crippen LogP contribution in [-0.4, -0.2) is 46.8 Å². The number of carbonyl (C=O) groups is 4. The third kappa shape index (κ3) is 5.74. The number of hydrogen-bond donors (Lipinski definition) is 2. The first-order valence-electron chi connectivity index (χ1n) is 19.9. The highest BCUT2D eigenvalue weighted by Gasteiger charge is 2.72. The van der Waals surface area contributed by atoms with Gasteiger partial charge < -0.3 is 15.2 Å². The Hall–Kier alpha value is -2.32. The number of esters is 1. The Morgan fingerprint density at radius 2 is 1.51 bits per heavy atom. The van der Waals surface area contributed by atoms with Crippen LogP contribution in [0.3, 0.4) is 0 Å². The minimum atomic E-state index is -2.67. The minimum absolute atomic E-state index is 0.00327. The van der Waals surface area contributed by atoms with Crippen LogP contribution in [0.4, 0.5) is 8.78 Å². The maximum absolute atomic E-state index is 14.4. The molecule has 2 N–H and O–H groups in total. The molecule has 286 valence electrons. The monoisotopic (exact) mass is 715 g/mol. The molecule has 0 aromatic carbocycles. The predicted octanol–water partition coefficient (Wildman–Crippen LogP) is 9.07. The first-order chi connectivity index (χ1) is 23.5. The molecule has 0 saturated heterocycles. The molecule has 51 heavy (non-hydrogen) atoms. The van der Waals surface area contributed by atoms with E-state index in [1.807, 2.05) is 0 Å². The number of fused-ring (bicyclic) bond motifs is 7. The number of carbonyl (C=O) groups excluding carboxylic acids is 3. The van der Waals surface area contributed by atoms with Gasteiger partial charge in [0.1, 0.15) is 6.10 Å². The summed E-state index contributed by atoms with van der Waals surface area (Å²) in [6.45, 7) is 19.2. The number of ether oxygens (including phenoxy) is 1. The zero-order valence-corrected chi connectivity index (χ0v) is 32.6. The van der Waals surface area contributed by atoms with Gasteiger partial charge in [-0.05, 0) is 129 Å². The number of alkyl halides is 2. The van der Waals surface area contributed by atoms with Gasteiger partial charge in [0, 0.05) is 30.7 Å². The van der Waals surface area contributed by atoms with E-state index in [0.29, 0.717) is 18.3 Å². The maximum Gasteiger partial charge on any atom is 0.309 e. The van der Waals surface area contributed by atoms with Crippen molar-refractivity contribution in [2.45, 2.75) is 170 Å². The molecule has 0 bridgehead atoms. The van der Waals surface area contributed by atoms with Crippen LogP contribution in [-0.2, 0) is 23.9 Å². The molecule has 0 aliphatic heterocycles. The largest absolute Gasteiger partial charge is 0.481 e. The molecule has 0 aromatic heterocycles. The normalized spacial score (nSPS) is 40.5. The molecule has 6 aliphatic rings. The molecule has 1 amide bonds. The number of hydrogen-bond acceptors (Lipinski definition) is 5. The van der Waals surface area contributed by atoms with Crippen LogP contribution in [0.2, 0.25) is 0 Å². The average Bonchev–Trinajstić information content (AvgIpc) is 3.34. The summed E-state index contributed by atoms with van der Waals surface area (Å²) in [5, 5.41) is 12.8. The van der Waals surface area contributed by atoms with E-state index in [9.17, 15) is 33.1 Å². The molecule has 5 saturated carbocycles. The van der Waals surface area contributed by atoms with Crippen molar-refractivity contribution >= 4 is 23.6 Å². The first-order valence-corrected chi connectivity index (χ1v) is 19.9. The maximum atomic E-state index is 14.4. The van der Waals surface area contributed by atoms with Crippen molar-refractivity contribution in [3.8, 4) is 0 Å². The molecule has 0 radical (unpaired) electrons. The number of Topliss-reactive ketones (excluding diaryl/α,β-unsaturated/α-hetero) is 1. The third-order valence-electron chi connectivity index (χ3n) is 16.5. The second kappa shape index (κ2) is 12.4. The van der Waals surface area contributed by atoms with Crippen LogP contribution in [0.1, 0.15) is 152 Å². The second-order valence-electron chi connectivity index (χ2n) is 20.0. The van der Waals surface area contributed by atoms with Crippen LogP contribution in [0.5, 0.6) is 0 Å². The fourth-order valence-corrected chi connectivity index (χ4v) is 13.2. The topological polar surface area (TPSA) is 110 Å². The molecular formula is C42H63F2NO6. The lowest BCUT2D eigenvalue weighted by atomic mass is 9.31. The third-order valence-corrected chi connectivity index (χ3v) is 16.5. The number of halogens is 2. The zero-order chi connectivity index (χ0) is 37.7. The summed E-state index contributed by atoms with van der Waals surface area (Å²) in [5.74, 6) is -3.42. The number of ketones is 1. The lowest BCUT2D eigenvalue weighted by Gasteiger charge is -2.73. The van der Waals surface area contributed by atoms with Gasteiger partial charge in [0.05, 0.1) is 17.3 Å². The highest BCUT2D eigenvalue weighted by atomic mass is 19.3. The Morgan fingerprint density at radius 3 is 2.12 bits per heavy atom. The molecule has 0 aromatic rings. The number of carboxylic acids is 1. The van der Waals surface area contributed by atoms with Crippen LogP contribution >= 0.6 is 0 Å². The van der Waals surface area contributed by atoms with E-state index in [2.05, 4.69) is 53.8 Å². The van der Waals surface area contributed by atoms with Gasteiger partial charge in [-0.15, -0.1) is 0 Å². The fraction of sp³-hybridized carbons (Fsp3) is 0.857. The summed E-state index contributed by atoms with van der Waals surface area (Å²) in [6.07, 6.45) is 6.83. The Bertz CT molecular complexity index is 1510. The number of amides is 1. The fourth-order valence-electron chi connectivity index (χ4n) is 13.2. The number of nitrogens with one attached hydrogen (secondary N) is 1. The van der Waals surface area contributed by atoms with Gasteiger partial charge >= 0.3 is 11.9 Å². The van der Waals surface area contributed by atoms with E-state index in [1.165, 1.54) is 0 Å². The lowest BCUT2D eigenvalue weighted by Crippen LogP contribution is -2.68. The van der Waals surface area contributed by atoms with Gasteiger partial charge in [-0.1, -0.05) is 48.5 Å². The average molecular weight is 716 g/mol. The number of rotatable bonds is 7. The van der Waals surface area contributed by atoms with Crippen LogP contribution in [0.15, 0.2) is 11.1 Å². The van der Waals surface area contributed by atoms with Crippen molar-refractivity contribution < 1.29 is 37.8 Å². The van der Waals surface area contributed by atoms with Gasteiger partial charge in [0.25, 0.3) is 0 Å². The molecule has 0 heterocycles. The summed E-state index contributed by atoms with van der Waals surface area (Å²) < 4.78 is 34.1. The van der Waals surface area contributed by atoms with Gasteiger partial charge in [0.15, 0.2) is 5.78 Å². The van der Waals surface area contributed by atoms with Crippen molar-refractivity contribution in [3.05, 3.63) is 11.1 Å². The summed E-state index contributed by atoms with van der Waals surface area (Å²) in [5.41, 5.74) is -0.557. The summed E-state index contributed by atoms with van der Waals surface area (Å²) in [7, 11) is 0. The van der Waals surface area contributed by atoms with E-state index in [1.54, 1.807) is 13.8 Å². The van der Waals surface area contributed by atoms with Crippen molar-refractivity contribution in [1.29, 1.82) is 0 Å². The van der Waals surface area contributed by atoms with E-state index in [0.717, 1.165) is 56.1 Å². The lowest BCUT2D eigenvalue weighted by molar-refractivity contribution is -0.254. The van der Waals surface area contributed by atoms with Gasteiger partial charge in [0.2, 0.25) is 11.8 Å². The second-order valence-corrected chi connectivity index (χ2v) is 20.0. The van der Waals surface area contributed by atoms with Crippen LogP contribution in [0.25, 0.3) is 0 Å². The minimum Gasteiger partial charge on any atom is -0.481 e. The van der Waals surface area contributed by atoms with Gasteiger partial charge in [-0.3, -0.25) is 19.2 Å². The molecule has 0 spiro atoms. The Kier molecular flexibility index (Phi) is 9.31. The standard InChI is InChI=1S/C42H63F2NO6/c1-24(2)32-28(46)22-41(34(48)45-25-10-20-42(43,44)21-11-25)19-13-27-26(33(32)41)12-18-40(9)38(27,7)16-14-29-37(5,6)30(15-17-39(29,40)8)51-31(47)23-36(3,4)35(49)50/h24-27,29-30H,10-23H2,1-9H3,(H,45,48)(H,49,50)/t26?,27?,29?,30-,38-,39-,40-,41+/m0/s1. The smallest absolute Gasteiger partial charge is 0.309 e. The van der Waals surface area contributed by atoms with E-state index in [-0.39, 0.29) is 95.9 Å². The molecule has 9 heteroatoms. The van der Waals surface area contributed by atoms with Crippen LogP contribution in [0, 0.1) is 56.2 Å². The van der Waals surface area contributed by atoms with Crippen molar-refractivity contribution in [3.63, 3.8) is 0 Å². The van der Waals surface area contributed by atoms with E-state index in [4.69, 9.17) is 4.74 Å². The molecule has 5 fully saturated rings. The quantitative estimate of drug-likeness (QED) is 0.255. The SMILES string of the molecule is CC(C)C1=C2C3CC[C@@]4(C)[C@@](C)(CCC5C(C)(C)[C@@H](OC(=O)CC(C)(C)C(=O)O)CC[C@@]54C)C3CC[C@@]2(C(=O)NC2CCC(F)(F)CC2)CC1=O. The number of allylic oxidation sites excluding steroid dienone is 1. The van der Waals surface area contributed by atoms with Gasteiger partial charge in [-0.2, -0.15) is 0 Å². The predicted molar refractivity (Wildman–Crippen MR) is 191 cm³/mol. The Labute approximate surface area is 303 Å². The molecule has 6 rings (SSSR count). The number of aliphatic carboxylic acids is 1. The Balaban J connectivity index is 1.28. The molecule has 8 atom stereocenters. The Morgan fingerprint density at radius 1 is 0.882 bits per heavy atom. The molecular weight excluding hydrogens is 652 g/mol. The van der Waals surface area contributed by atoms with Crippen molar-refractivity contribution in [2.24, 2.45) is 56.2 Å². The van der Waals surface area contributed by atoms with Crippen molar-refractivity contribution in [1.82, 2.24) is 5.32 Å². The number of carboxylic acid groups (broad SMARTS) is 1. The summed E-state index contributed by atoms with van der Waals surface area (Å²) in [6, 6.07) is -0.285. The highest BCUT2D eigenvalue weighted by Crippen LogP contribution is 2.77. The molecule has 3 unspecified atom stereocenters. The van der Waals surface area contributed by atoms with Crippen molar-refractivity contribution in [2.75, 3.05) is 0 Å². The molecule has 6 aliphatic carbocycles. The summed E-state index contributed by atoms with van der Waals surface area (Å²) in [4.78, 5) is 53.1. The zero-order valence-electron chi connectivity index (χ0n) is 32.6. The van der Waals surface area contributed by atoms with Crippen LogP contribution < -0.4 is 5.32 Å². The van der Waals surface area contributed by atoms with Gasteiger partial charge in [-0.25, -0.2) is 8.78 Å². The molecule has 7 nitrogen and oxygen atoms in total.